The summed E-state index contributed by atoms with van der Waals surface area (Å²) in [6.45, 7) is 8.15. The van der Waals surface area contributed by atoms with Gasteiger partial charge in [-0.2, -0.15) is 9.97 Å². The van der Waals surface area contributed by atoms with Crippen LogP contribution in [0.25, 0.3) is 11.0 Å². The highest BCUT2D eigenvalue weighted by Crippen LogP contribution is 2.25. The summed E-state index contributed by atoms with van der Waals surface area (Å²) >= 11 is 0. The van der Waals surface area contributed by atoms with Crippen molar-refractivity contribution in [3.8, 4) is 6.01 Å². The Morgan fingerprint density at radius 1 is 1.15 bits per heavy atom. The van der Waals surface area contributed by atoms with Crippen LogP contribution in [0.1, 0.15) is 42.9 Å². The van der Waals surface area contributed by atoms with Crippen LogP contribution in [0, 0.1) is 0 Å². The van der Waals surface area contributed by atoms with Gasteiger partial charge in [0.05, 0.1) is 6.61 Å². The minimum Gasteiger partial charge on any atom is -0.483 e. The maximum atomic E-state index is 8.36. The normalized spacial score (nSPS) is 14.9. The third-order valence-electron chi connectivity index (χ3n) is 5.98. The molecule has 0 aliphatic carbocycles. The van der Waals surface area contributed by atoms with E-state index < -0.39 is 0 Å². The Balaban J connectivity index is 0.00000103. The summed E-state index contributed by atoms with van der Waals surface area (Å²) in [5, 5.41) is 6.89. The number of hydrogen-bond donors (Lipinski definition) is 3. The lowest BCUT2D eigenvalue weighted by atomic mass is 10.0. The second-order valence-electron chi connectivity index (χ2n) is 8.66. The quantitative estimate of drug-likeness (QED) is 0.341. The molecule has 0 saturated carbocycles. The molecule has 4 N–H and O–H groups in total. The molecule has 1 fully saturated rings. The van der Waals surface area contributed by atoms with E-state index in [1.165, 1.54) is 30.6 Å². The van der Waals surface area contributed by atoms with Crippen molar-refractivity contribution in [2.24, 2.45) is 0 Å². The largest absolute Gasteiger partial charge is 0.483 e. The highest BCUT2D eigenvalue weighted by molar-refractivity contribution is 5.87. The number of hydrogen-bond acceptors (Lipinski definition) is 7. The molecule has 34 heavy (non-hydrogen) atoms. The Morgan fingerprint density at radius 3 is 2.62 bits per heavy atom. The number of unbranched alkanes of at least 4 members (excludes halogenated alkanes) is 1. The number of rotatable bonds is 8. The van der Waals surface area contributed by atoms with E-state index in [1.807, 2.05) is 6.20 Å². The molecular formula is C25H36N6O3. The average molecular weight is 469 g/mol. The van der Waals surface area contributed by atoms with E-state index in [0.29, 0.717) is 18.4 Å². The number of ether oxygens (including phenoxy) is 1. The number of carbonyl (C=O) groups is 1. The minimum atomic E-state index is -0.250. The second-order valence-corrected chi connectivity index (χ2v) is 8.66. The Bertz CT molecular complexity index is 1040. The fourth-order valence-electron chi connectivity index (χ4n) is 4.06. The Kier molecular flexibility index (Phi) is 9.66. The predicted molar refractivity (Wildman–Crippen MR) is 134 cm³/mol. The van der Waals surface area contributed by atoms with Gasteiger partial charge < -0.3 is 25.5 Å². The molecule has 1 saturated heterocycles. The zero-order chi connectivity index (χ0) is 24.3. The molecule has 0 bridgehead atoms. The van der Waals surface area contributed by atoms with Gasteiger partial charge >= 0.3 is 6.01 Å². The van der Waals surface area contributed by atoms with Crippen molar-refractivity contribution >= 4 is 23.3 Å². The van der Waals surface area contributed by atoms with E-state index in [1.54, 1.807) is 0 Å². The molecule has 9 heteroatoms. The van der Waals surface area contributed by atoms with Crippen LogP contribution in [0.4, 0.5) is 5.82 Å². The van der Waals surface area contributed by atoms with Crippen LogP contribution in [0.3, 0.4) is 0 Å². The molecule has 2 aromatic heterocycles. The number of aromatic nitrogens is 3. The molecule has 3 aromatic rings. The number of carboxylic acid groups (broad SMARTS) is 1. The van der Waals surface area contributed by atoms with Crippen molar-refractivity contribution in [3.63, 3.8) is 0 Å². The van der Waals surface area contributed by atoms with Crippen LogP contribution < -0.4 is 10.5 Å². The van der Waals surface area contributed by atoms with Gasteiger partial charge in [0.1, 0.15) is 11.0 Å². The summed E-state index contributed by atoms with van der Waals surface area (Å²) < 4.78 is 5.69. The van der Waals surface area contributed by atoms with Crippen LogP contribution in [-0.2, 0) is 17.8 Å². The zero-order valence-electron chi connectivity index (χ0n) is 20.2. The van der Waals surface area contributed by atoms with Gasteiger partial charge in [-0.25, -0.2) is 0 Å². The topological polar surface area (TPSA) is 121 Å². The van der Waals surface area contributed by atoms with E-state index in [2.05, 4.69) is 63.0 Å². The number of nitrogens with one attached hydrogen (secondary N) is 1. The molecule has 0 spiro atoms. The number of benzene rings is 1. The van der Waals surface area contributed by atoms with Gasteiger partial charge in [0.2, 0.25) is 0 Å². The molecule has 184 valence electrons. The van der Waals surface area contributed by atoms with Crippen molar-refractivity contribution in [2.45, 2.75) is 39.2 Å². The Labute approximate surface area is 200 Å². The maximum absolute atomic E-state index is 8.36. The summed E-state index contributed by atoms with van der Waals surface area (Å²) in [4.78, 5) is 25.5. The summed E-state index contributed by atoms with van der Waals surface area (Å²) in [5.41, 5.74) is 11.5. The first-order chi connectivity index (χ1) is 16.5. The van der Waals surface area contributed by atoms with Crippen molar-refractivity contribution in [3.05, 3.63) is 47.2 Å². The van der Waals surface area contributed by atoms with Gasteiger partial charge in [0.25, 0.3) is 6.47 Å². The smallest absolute Gasteiger partial charge is 0.319 e. The third kappa shape index (κ3) is 7.16. The van der Waals surface area contributed by atoms with Gasteiger partial charge in [0.15, 0.2) is 5.82 Å². The third-order valence-corrected chi connectivity index (χ3v) is 5.98. The van der Waals surface area contributed by atoms with Crippen molar-refractivity contribution < 1.29 is 14.6 Å². The monoisotopic (exact) mass is 468 g/mol. The van der Waals surface area contributed by atoms with Crippen molar-refractivity contribution in [2.75, 3.05) is 45.6 Å². The number of fused-ring (bicyclic) bond motifs is 1. The number of nitrogens with zero attached hydrogens (tertiary/aromatic N) is 4. The molecule has 0 amide bonds. The summed E-state index contributed by atoms with van der Waals surface area (Å²) in [7, 11) is 2.21. The lowest BCUT2D eigenvalue weighted by Crippen LogP contribution is -2.28. The number of H-pyrrole nitrogens is 1. The van der Waals surface area contributed by atoms with Gasteiger partial charge in [-0.3, -0.25) is 9.69 Å². The number of nitrogen functional groups attached to an aromatic ring is 1. The second kappa shape index (κ2) is 12.9. The van der Waals surface area contributed by atoms with Crippen molar-refractivity contribution in [1.29, 1.82) is 0 Å². The molecule has 9 nitrogen and oxygen atoms in total. The fraction of sp³-hybridized carbons (Fsp3) is 0.480. The van der Waals surface area contributed by atoms with Gasteiger partial charge in [0, 0.05) is 37.8 Å². The average Bonchev–Trinajstić information content (AvgIpc) is 3.11. The molecule has 3 heterocycles. The molecule has 1 aromatic carbocycles. The Hall–Kier alpha value is -3.17. The fourth-order valence-corrected chi connectivity index (χ4v) is 4.06. The highest BCUT2D eigenvalue weighted by atomic mass is 16.5. The molecule has 4 rings (SSSR count). The highest BCUT2D eigenvalue weighted by Gasteiger charge is 2.14. The van der Waals surface area contributed by atoms with Gasteiger partial charge in [-0.15, -0.1) is 0 Å². The van der Waals surface area contributed by atoms with Gasteiger partial charge in [-0.05, 0) is 44.1 Å². The summed E-state index contributed by atoms with van der Waals surface area (Å²) in [6.07, 6.45) is 6.05. The van der Waals surface area contributed by atoms with E-state index in [9.17, 15) is 0 Å². The molecule has 0 radical (unpaired) electrons. The number of likely N-dealkylation sites (N-methyl/N-ethyl adjacent to an activating group) is 1. The van der Waals surface area contributed by atoms with E-state index in [4.69, 9.17) is 20.4 Å². The maximum Gasteiger partial charge on any atom is 0.319 e. The number of nitrogens with two attached hydrogens (primary N) is 1. The minimum absolute atomic E-state index is 0.250. The van der Waals surface area contributed by atoms with Gasteiger partial charge in [-0.1, -0.05) is 37.6 Å². The Morgan fingerprint density at radius 2 is 1.88 bits per heavy atom. The van der Waals surface area contributed by atoms with Crippen molar-refractivity contribution in [1.82, 2.24) is 24.8 Å². The zero-order valence-corrected chi connectivity index (χ0v) is 20.2. The molecule has 1 aliphatic rings. The first-order valence-corrected chi connectivity index (χ1v) is 11.9. The first-order valence-electron chi connectivity index (χ1n) is 11.9. The van der Waals surface area contributed by atoms with E-state index in [-0.39, 0.29) is 6.47 Å². The van der Waals surface area contributed by atoms with E-state index in [0.717, 1.165) is 55.5 Å². The van der Waals surface area contributed by atoms with Crippen LogP contribution in [0.2, 0.25) is 0 Å². The predicted octanol–water partition coefficient (Wildman–Crippen LogP) is 3.15. The number of aromatic amines is 1. The van der Waals surface area contributed by atoms with Crippen LogP contribution in [0.5, 0.6) is 6.01 Å². The molecule has 0 atom stereocenters. The summed E-state index contributed by atoms with van der Waals surface area (Å²) in [6, 6.07) is 9.31. The number of anilines is 1. The standard InChI is InChI=1S/C24H34N6O.CH2O2/c1-3-4-14-31-24-27-21-20(16-26-22(21)23(25)28-24)15-18-6-8-19(9-7-18)17-30-11-5-10-29(2)12-13-30;2-1-3/h6-9,16,26H,3-5,10-15,17H2,1-2H3,(H2,25,27,28);1H,(H,2,3). The SMILES string of the molecule is CCCCOc1nc(N)c2[nH]cc(Cc3ccc(CN4CCCN(C)CC4)cc3)c2n1.O=CO. The lowest BCUT2D eigenvalue weighted by Gasteiger charge is -2.20. The lowest BCUT2D eigenvalue weighted by molar-refractivity contribution is -0.122. The molecule has 1 aliphatic heterocycles. The van der Waals surface area contributed by atoms with Crippen LogP contribution in [-0.4, -0.2) is 76.2 Å². The van der Waals surface area contributed by atoms with Crippen LogP contribution >= 0.6 is 0 Å². The van der Waals surface area contributed by atoms with Crippen LogP contribution in [0.15, 0.2) is 30.5 Å². The summed E-state index contributed by atoms with van der Waals surface area (Å²) in [5.74, 6) is 0.432. The van der Waals surface area contributed by atoms with E-state index >= 15 is 0 Å². The molecule has 0 unspecified atom stereocenters. The first kappa shape index (κ1) is 25.5. The molecular weight excluding hydrogens is 432 g/mol.